The molecule has 0 saturated heterocycles. The second-order valence-corrected chi connectivity index (χ2v) is 6.91. The smallest absolute Gasteiger partial charge is 0.270 e. The monoisotopic (exact) mass is 399 g/mol. The number of aromatic nitrogens is 2. The van der Waals surface area contributed by atoms with Gasteiger partial charge in [-0.05, 0) is 47.8 Å². The highest BCUT2D eigenvalue weighted by Crippen LogP contribution is 2.34. The summed E-state index contributed by atoms with van der Waals surface area (Å²) in [6, 6.07) is 14.2. The number of carbonyl (C=O) groups is 1. The lowest BCUT2D eigenvalue weighted by atomic mass is 10.2. The molecule has 0 spiro atoms. The van der Waals surface area contributed by atoms with Crippen LogP contribution in [0.2, 0.25) is 5.02 Å². The lowest BCUT2D eigenvalue weighted by Gasteiger charge is -2.04. The van der Waals surface area contributed by atoms with Crippen molar-refractivity contribution in [2.75, 3.05) is 5.32 Å². The van der Waals surface area contributed by atoms with Crippen LogP contribution in [0.1, 0.15) is 10.4 Å². The summed E-state index contributed by atoms with van der Waals surface area (Å²) in [5, 5.41) is 9.08. The van der Waals surface area contributed by atoms with Crippen molar-refractivity contribution in [1.82, 2.24) is 10.1 Å². The van der Waals surface area contributed by atoms with E-state index in [4.69, 9.17) is 16.1 Å². The van der Waals surface area contributed by atoms with Gasteiger partial charge in [0, 0.05) is 16.1 Å². The Balaban J connectivity index is 1.59. The first-order chi connectivity index (χ1) is 13.1. The van der Waals surface area contributed by atoms with E-state index in [1.54, 1.807) is 47.8 Å². The first kappa shape index (κ1) is 17.4. The zero-order valence-electron chi connectivity index (χ0n) is 13.6. The highest BCUT2D eigenvalue weighted by Gasteiger charge is 2.18. The van der Waals surface area contributed by atoms with Gasteiger partial charge in [0.15, 0.2) is 0 Å². The molecule has 2 aromatic heterocycles. The number of thiophene rings is 1. The minimum absolute atomic E-state index is 0.246. The van der Waals surface area contributed by atoms with Gasteiger partial charge in [-0.1, -0.05) is 28.9 Å². The molecule has 0 atom stereocenters. The molecule has 5 nitrogen and oxygen atoms in total. The maximum Gasteiger partial charge on any atom is 0.270 e. The van der Waals surface area contributed by atoms with Crippen LogP contribution in [0.15, 0.2) is 64.5 Å². The van der Waals surface area contributed by atoms with Gasteiger partial charge in [-0.2, -0.15) is 4.98 Å². The molecule has 0 unspecified atom stereocenters. The molecule has 0 aliphatic heterocycles. The van der Waals surface area contributed by atoms with Crippen LogP contribution in [0.4, 0.5) is 10.1 Å². The number of halogens is 2. The molecular formula is C19H11ClFN3O2S. The molecule has 0 radical (unpaired) electrons. The van der Waals surface area contributed by atoms with Crippen LogP contribution in [0.5, 0.6) is 0 Å². The second-order valence-electron chi connectivity index (χ2n) is 5.56. The predicted molar refractivity (Wildman–Crippen MR) is 102 cm³/mol. The summed E-state index contributed by atoms with van der Waals surface area (Å²) in [5.41, 5.74) is 1.53. The van der Waals surface area contributed by atoms with E-state index < -0.39 is 0 Å². The first-order valence-corrected chi connectivity index (χ1v) is 9.10. The summed E-state index contributed by atoms with van der Waals surface area (Å²) < 4.78 is 18.7. The summed E-state index contributed by atoms with van der Waals surface area (Å²) in [4.78, 5) is 17.3. The molecule has 8 heteroatoms. The van der Waals surface area contributed by atoms with Crippen LogP contribution >= 0.6 is 22.9 Å². The van der Waals surface area contributed by atoms with Crippen LogP contribution in [0.3, 0.4) is 0 Å². The Bertz CT molecular complexity index is 1110. The number of amides is 1. The van der Waals surface area contributed by atoms with Gasteiger partial charge in [-0.3, -0.25) is 4.79 Å². The highest BCUT2D eigenvalue weighted by atomic mass is 35.5. The Labute approximate surface area is 162 Å². The first-order valence-electron chi connectivity index (χ1n) is 7.84. The maximum atomic E-state index is 13.4. The zero-order chi connectivity index (χ0) is 18.8. The van der Waals surface area contributed by atoms with E-state index in [9.17, 15) is 9.18 Å². The van der Waals surface area contributed by atoms with Gasteiger partial charge in [-0.15, -0.1) is 11.3 Å². The number of nitrogens with zero attached hydrogens (tertiary/aromatic N) is 2. The quantitative estimate of drug-likeness (QED) is 0.491. The van der Waals surface area contributed by atoms with E-state index in [1.807, 2.05) is 0 Å². The number of rotatable bonds is 4. The fourth-order valence-electron chi connectivity index (χ4n) is 2.43. The lowest BCUT2D eigenvalue weighted by molar-refractivity contribution is 0.102. The molecular weight excluding hydrogens is 389 g/mol. The van der Waals surface area contributed by atoms with Crippen molar-refractivity contribution in [1.29, 1.82) is 0 Å². The number of hydrogen-bond donors (Lipinski definition) is 1. The Hall–Kier alpha value is -3.03. The standard InChI is InChI=1S/C19H11ClFN3O2S/c20-13-6-4-11(5-7-13)18(25)22-15-8-9-27-16(15)19-23-17(24-26-19)12-2-1-3-14(21)10-12/h1-10H,(H,22,25). The topological polar surface area (TPSA) is 68.0 Å². The molecule has 2 heterocycles. The zero-order valence-corrected chi connectivity index (χ0v) is 15.2. The lowest BCUT2D eigenvalue weighted by Crippen LogP contribution is -2.11. The summed E-state index contributed by atoms with van der Waals surface area (Å²) in [7, 11) is 0. The Morgan fingerprint density at radius 3 is 2.74 bits per heavy atom. The summed E-state index contributed by atoms with van der Waals surface area (Å²) in [6.45, 7) is 0. The fourth-order valence-corrected chi connectivity index (χ4v) is 3.33. The third-order valence-electron chi connectivity index (χ3n) is 3.72. The molecule has 0 bridgehead atoms. The van der Waals surface area contributed by atoms with E-state index in [0.29, 0.717) is 26.7 Å². The number of hydrogen-bond acceptors (Lipinski definition) is 5. The van der Waals surface area contributed by atoms with Crippen LogP contribution in [-0.2, 0) is 0 Å². The van der Waals surface area contributed by atoms with Gasteiger partial charge < -0.3 is 9.84 Å². The number of anilines is 1. The Kier molecular flexibility index (Phi) is 4.70. The van der Waals surface area contributed by atoms with Gasteiger partial charge in [0.1, 0.15) is 10.7 Å². The van der Waals surface area contributed by atoms with Gasteiger partial charge in [0.05, 0.1) is 5.69 Å². The van der Waals surface area contributed by atoms with Crippen molar-refractivity contribution < 1.29 is 13.7 Å². The van der Waals surface area contributed by atoms with Crippen molar-refractivity contribution in [2.45, 2.75) is 0 Å². The molecule has 134 valence electrons. The predicted octanol–water partition coefficient (Wildman–Crippen LogP) is 5.51. The van der Waals surface area contributed by atoms with E-state index in [1.165, 1.54) is 23.5 Å². The third-order valence-corrected chi connectivity index (χ3v) is 4.88. The summed E-state index contributed by atoms with van der Waals surface area (Å²) in [6.07, 6.45) is 0. The Morgan fingerprint density at radius 1 is 1.15 bits per heavy atom. The molecule has 0 saturated carbocycles. The van der Waals surface area contributed by atoms with Gasteiger partial charge >= 0.3 is 0 Å². The van der Waals surface area contributed by atoms with E-state index in [0.717, 1.165) is 0 Å². The molecule has 0 aliphatic rings. The molecule has 2 aromatic carbocycles. The molecule has 4 aromatic rings. The average molecular weight is 400 g/mol. The highest BCUT2D eigenvalue weighted by molar-refractivity contribution is 7.14. The second kappa shape index (κ2) is 7.30. The average Bonchev–Trinajstić information content (AvgIpc) is 3.31. The summed E-state index contributed by atoms with van der Waals surface area (Å²) in [5.74, 6) is -0.148. The molecule has 0 fully saturated rings. The van der Waals surface area contributed by atoms with Gasteiger partial charge in [0.25, 0.3) is 11.8 Å². The molecule has 0 aliphatic carbocycles. The molecule has 4 rings (SSSR count). The van der Waals surface area contributed by atoms with Crippen LogP contribution in [-0.4, -0.2) is 16.0 Å². The Morgan fingerprint density at radius 2 is 1.96 bits per heavy atom. The number of nitrogens with one attached hydrogen (secondary N) is 1. The normalized spacial score (nSPS) is 10.7. The van der Waals surface area contributed by atoms with E-state index >= 15 is 0 Å². The van der Waals surface area contributed by atoms with Crippen molar-refractivity contribution in [3.63, 3.8) is 0 Å². The number of benzene rings is 2. The van der Waals surface area contributed by atoms with Crippen LogP contribution in [0, 0.1) is 5.82 Å². The maximum absolute atomic E-state index is 13.4. The van der Waals surface area contributed by atoms with E-state index in [2.05, 4.69) is 15.5 Å². The molecule has 27 heavy (non-hydrogen) atoms. The van der Waals surface area contributed by atoms with Crippen molar-refractivity contribution in [3.8, 4) is 22.2 Å². The number of carbonyl (C=O) groups excluding carboxylic acids is 1. The van der Waals surface area contributed by atoms with Crippen LogP contribution < -0.4 is 5.32 Å². The largest absolute Gasteiger partial charge is 0.333 e. The minimum atomic E-state index is -0.383. The van der Waals surface area contributed by atoms with Crippen molar-refractivity contribution in [3.05, 3.63) is 76.4 Å². The van der Waals surface area contributed by atoms with E-state index in [-0.39, 0.29) is 23.4 Å². The fraction of sp³-hybridized carbons (Fsp3) is 0. The summed E-state index contributed by atoms with van der Waals surface area (Å²) >= 11 is 7.19. The van der Waals surface area contributed by atoms with Crippen molar-refractivity contribution in [2.24, 2.45) is 0 Å². The van der Waals surface area contributed by atoms with Gasteiger partial charge in [0.2, 0.25) is 5.82 Å². The SMILES string of the molecule is O=C(Nc1ccsc1-c1nc(-c2cccc(F)c2)no1)c1ccc(Cl)cc1. The van der Waals surface area contributed by atoms with Crippen molar-refractivity contribution >= 4 is 34.5 Å². The third kappa shape index (κ3) is 3.74. The molecule has 1 N–H and O–H groups in total. The minimum Gasteiger partial charge on any atom is -0.333 e. The van der Waals surface area contributed by atoms with Gasteiger partial charge in [-0.25, -0.2) is 4.39 Å². The molecule has 1 amide bonds. The van der Waals surface area contributed by atoms with Crippen LogP contribution in [0.25, 0.3) is 22.2 Å².